The number of hydrogen-bond donors (Lipinski definition) is 1. The van der Waals surface area contributed by atoms with E-state index in [1.807, 2.05) is 30.3 Å². The highest BCUT2D eigenvalue weighted by molar-refractivity contribution is 7.89. The summed E-state index contributed by atoms with van der Waals surface area (Å²) in [5.74, 6) is -0.00602. The first-order valence-electron chi connectivity index (χ1n) is 11.2. The average Bonchev–Trinajstić information content (AvgIpc) is 2.89. The number of aliphatic hydroxyl groups excluding tert-OH is 1. The molecule has 1 aromatic heterocycles. The van der Waals surface area contributed by atoms with Crippen molar-refractivity contribution in [1.29, 1.82) is 0 Å². The topological polar surface area (TPSA) is 100 Å². The Balaban J connectivity index is 1.56. The van der Waals surface area contributed by atoms with Crippen molar-refractivity contribution in [2.45, 2.75) is 35.7 Å². The number of aliphatic hydroxyl groups is 1. The summed E-state index contributed by atoms with van der Waals surface area (Å²) in [5, 5.41) is 9.02. The maximum atomic E-state index is 13.2. The van der Waals surface area contributed by atoms with E-state index in [1.54, 1.807) is 0 Å². The maximum absolute atomic E-state index is 13.2. The van der Waals surface area contributed by atoms with E-state index >= 15 is 0 Å². The standard InChI is InChI=1S/C25H24F3N3O4S/c26-25(27,28)20-6-8-21(9-7-20)36(34,35)31-12-10-24(11-13-31,19-4-2-1-3-5-19)14-23-29-15-18(16-30-23)22(33)17-32/h1-9,15-16,32H,10-14,17H2. The highest BCUT2D eigenvalue weighted by Crippen LogP contribution is 2.39. The number of carbonyl (C=O) groups excluding carboxylic acids is 1. The summed E-state index contributed by atoms with van der Waals surface area (Å²) in [5.41, 5.74) is -0.186. The largest absolute Gasteiger partial charge is 0.416 e. The van der Waals surface area contributed by atoms with Crippen molar-refractivity contribution in [3.8, 4) is 0 Å². The molecule has 1 aliphatic rings. The Morgan fingerprint density at radius 3 is 2.08 bits per heavy atom. The third kappa shape index (κ3) is 5.32. The lowest BCUT2D eigenvalue weighted by Crippen LogP contribution is -2.46. The summed E-state index contributed by atoms with van der Waals surface area (Å²) < 4.78 is 66.2. The molecule has 1 fully saturated rings. The first-order chi connectivity index (χ1) is 17.0. The third-order valence-corrected chi connectivity index (χ3v) is 8.47. The number of aromatic nitrogens is 2. The Morgan fingerprint density at radius 1 is 0.972 bits per heavy atom. The summed E-state index contributed by atoms with van der Waals surface area (Å²) in [6.07, 6.45) is -0.532. The highest BCUT2D eigenvalue weighted by Gasteiger charge is 2.41. The molecule has 36 heavy (non-hydrogen) atoms. The first-order valence-corrected chi connectivity index (χ1v) is 12.7. The van der Waals surface area contributed by atoms with E-state index in [2.05, 4.69) is 9.97 Å². The van der Waals surface area contributed by atoms with Crippen LogP contribution in [0.4, 0.5) is 13.2 Å². The maximum Gasteiger partial charge on any atom is 0.416 e. The molecule has 11 heteroatoms. The van der Waals surface area contributed by atoms with Gasteiger partial charge in [-0.15, -0.1) is 0 Å². The molecule has 0 bridgehead atoms. The molecule has 2 aromatic carbocycles. The van der Waals surface area contributed by atoms with Crippen molar-refractivity contribution >= 4 is 15.8 Å². The van der Waals surface area contributed by atoms with E-state index in [0.717, 1.165) is 29.8 Å². The predicted molar refractivity (Wildman–Crippen MR) is 125 cm³/mol. The summed E-state index contributed by atoms with van der Waals surface area (Å²) in [6, 6.07) is 13.1. The molecular weight excluding hydrogens is 495 g/mol. The monoisotopic (exact) mass is 519 g/mol. The Labute approximate surface area is 206 Å². The predicted octanol–water partition coefficient (Wildman–Crippen LogP) is 3.64. The molecule has 0 aliphatic carbocycles. The molecule has 1 N–H and O–H groups in total. The molecule has 0 radical (unpaired) electrons. The summed E-state index contributed by atoms with van der Waals surface area (Å²) in [7, 11) is -3.97. The van der Waals surface area contributed by atoms with Crippen molar-refractivity contribution in [1.82, 2.24) is 14.3 Å². The lowest BCUT2D eigenvalue weighted by atomic mass is 9.70. The number of benzene rings is 2. The second-order valence-electron chi connectivity index (χ2n) is 8.72. The number of Topliss-reactive ketones (excluding diaryl/α,β-unsaturated/α-hetero) is 1. The number of hydrogen-bond acceptors (Lipinski definition) is 6. The number of alkyl halides is 3. The van der Waals surface area contributed by atoms with E-state index in [1.165, 1.54) is 16.7 Å². The van der Waals surface area contributed by atoms with Crippen LogP contribution in [0.25, 0.3) is 0 Å². The normalized spacial score (nSPS) is 16.6. The summed E-state index contributed by atoms with van der Waals surface area (Å²) in [6.45, 7) is -0.307. The van der Waals surface area contributed by atoms with E-state index in [9.17, 15) is 26.4 Å². The number of nitrogens with zero attached hydrogens (tertiary/aromatic N) is 3. The van der Waals surface area contributed by atoms with Gasteiger partial charge >= 0.3 is 6.18 Å². The van der Waals surface area contributed by atoms with Crippen molar-refractivity contribution in [3.05, 3.63) is 89.5 Å². The van der Waals surface area contributed by atoms with Crippen LogP contribution in [0.2, 0.25) is 0 Å². The van der Waals surface area contributed by atoms with Crippen LogP contribution in [0.1, 0.15) is 40.2 Å². The van der Waals surface area contributed by atoms with Crippen LogP contribution in [0, 0.1) is 0 Å². The number of piperidine rings is 1. The molecule has 1 aliphatic heterocycles. The fourth-order valence-electron chi connectivity index (χ4n) is 4.46. The van der Waals surface area contributed by atoms with Gasteiger partial charge in [0.25, 0.3) is 0 Å². The van der Waals surface area contributed by atoms with Gasteiger partial charge in [-0.3, -0.25) is 4.79 Å². The molecule has 0 amide bonds. The fraction of sp³-hybridized carbons (Fsp3) is 0.320. The van der Waals surface area contributed by atoms with Crippen molar-refractivity contribution in [3.63, 3.8) is 0 Å². The van der Waals surface area contributed by atoms with Gasteiger partial charge < -0.3 is 5.11 Å². The zero-order chi connectivity index (χ0) is 26.0. The van der Waals surface area contributed by atoms with Crippen LogP contribution >= 0.6 is 0 Å². The summed E-state index contributed by atoms with van der Waals surface area (Å²) >= 11 is 0. The van der Waals surface area contributed by atoms with Crippen molar-refractivity contribution < 1.29 is 31.5 Å². The van der Waals surface area contributed by atoms with E-state index in [0.29, 0.717) is 25.1 Å². The van der Waals surface area contributed by atoms with Gasteiger partial charge in [0.05, 0.1) is 16.0 Å². The van der Waals surface area contributed by atoms with Crippen LogP contribution in [0.15, 0.2) is 71.9 Å². The molecule has 190 valence electrons. The molecule has 3 aromatic rings. The van der Waals surface area contributed by atoms with Gasteiger partial charge in [-0.05, 0) is 42.7 Å². The molecular formula is C25H24F3N3O4S. The van der Waals surface area contributed by atoms with Gasteiger partial charge in [0.2, 0.25) is 10.0 Å². The molecule has 0 unspecified atom stereocenters. The van der Waals surface area contributed by atoms with Gasteiger partial charge in [0.1, 0.15) is 12.4 Å². The number of rotatable bonds is 7. The van der Waals surface area contributed by atoms with Gasteiger partial charge in [0.15, 0.2) is 5.78 Å². The Hall–Kier alpha value is -3.15. The van der Waals surface area contributed by atoms with Crippen LogP contribution in [0.5, 0.6) is 0 Å². The molecule has 7 nitrogen and oxygen atoms in total. The number of ketones is 1. The zero-order valence-electron chi connectivity index (χ0n) is 19.1. The van der Waals surface area contributed by atoms with Gasteiger partial charge in [-0.2, -0.15) is 17.5 Å². The molecule has 0 atom stereocenters. The quantitative estimate of drug-likeness (QED) is 0.479. The minimum absolute atomic E-state index is 0.166. The van der Waals surface area contributed by atoms with Crippen molar-refractivity contribution in [2.75, 3.05) is 19.7 Å². The summed E-state index contributed by atoms with van der Waals surface area (Å²) in [4.78, 5) is 20.1. The SMILES string of the molecule is O=C(CO)c1cnc(CC2(c3ccccc3)CCN(S(=O)(=O)c3ccc(C(F)(F)F)cc3)CC2)nc1. The minimum Gasteiger partial charge on any atom is -0.388 e. The second-order valence-corrected chi connectivity index (χ2v) is 10.7. The van der Waals surface area contributed by atoms with Crippen molar-refractivity contribution in [2.24, 2.45) is 0 Å². The lowest BCUT2D eigenvalue weighted by molar-refractivity contribution is -0.137. The van der Waals surface area contributed by atoms with E-state index in [-0.39, 0.29) is 23.5 Å². The molecule has 1 saturated heterocycles. The fourth-order valence-corrected chi connectivity index (χ4v) is 5.90. The molecule has 4 rings (SSSR count). The van der Waals surface area contributed by atoms with Gasteiger partial charge in [-0.25, -0.2) is 18.4 Å². The number of halogens is 3. The average molecular weight is 520 g/mol. The van der Waals surface area contributed by atoms with Gasteiger partial charge in [0, 0.05) is 37.3 Å². The minimum atomic E-state index is -4.55. The van der Waals surface area contributed by atoms with E-state index < -0.39 is 39.6 Å². The lowest BCUT2D eigenvalue weighted by Gasteiger charge is -2.41. The van der Waals surface area contributed by atoms with Crippen LogP contribution in [0.3, 0.4) is 0 Å². The number of sulfonamides is 1. The Kier molecular flexibility index (Phi) is 7.26. The van der Waals surface area contributed by atoms with Crippen LogP contribution < -0.4 is 0 Å². The first kappa shape index (κ1) is 25.9. The molecule has 2 heterocycles. The van der Waals surface area contributed by atoms with Crippen LogP contribution in [-0.2, 0) is 28.0 Å². The second kappa shape index (κ2) is 10.1. The van der Waals surface area contributed by atoms with Gasteiger partial charge in [-0.1, -0.05) is 30.3 Å². The highest BCUT2D eigenvalue weighted by atomic mass is 32.2. The third-order valence-electron chi connectivity index (χ3n) is 6.55. The zero-order valence-corrected chi connectivity index (χ0v) is 20.0. The molecule has 0 saturated carbocycles. The number of carbonyl (C=O) groups is 1. The molecule has 0 spiro atoms. The van der Waals surface area contributed by atoms with E-state index in [4.69, 9.17) is 5.11 Å². The smallest absolute Gasteiger partial charge is 0.388 e. The van der Waals surface area contributed by atoms with Crippen LogP contribution in [-0.4, -0.2) is 53.3 Å². The Morgan fingerprint density at radius 2 is 1.56 bits per heavy atom. The Bertz CT molecular complexity index is 1310.